The molecule has 1 N–H and O–H groups in total. The summed E-state index contributed by atoms with van der Waals surface area (Å²) in [5, 5.41) is 0.584. The molecule has 30 heavy (non-hydrogen) atoms. The second-order valence-corrected chi connectivity index (χ2v) is 11.5. The maximum atomic E-state index is 13.1. The minimum Gasteiger partial charge on any atom is -0.465 e. The zero-order valence-electron chi connectivity index (χ0n) is 17.1. The van der Waals surface area contributed by atoms with Gasteiger partial charge in [0.25, 0.3) is 10.0 Å². The first-order valence-corrected chi connectivity index (χ1v) is 13.5. The summed E-state index contributed by atoms with van der Waals surface area (Å²) < 4.78 is 33.8. The van der Waals surface area contributed by atoms with Crippen molar-refractivity contribution >= 4 is 50.7 Å². The lowest BCUT2D eigenvalue weighted by Gasteiger charge is -2.32. The van der Waals surface area contributed by atoms with Gasteiger partial charge in [-0.15, -0.1) is 11.3 Å². The molecule has 1 unspecified atom stereocenters. The van der Waals surface area contributed by atoms with Crippen molar-refractivity contribution in [3.63, 3.8) is 0 Å². The van der Waals surface area contributed by atoms with E-state index in [0.717, 1.165) is 28.3 Å². The van der Waals surface area contributed by atoms with Gasteiger partial charge >= 0.3 is 5.97 Å². The van der Waals surface area contributed by atoms with Gasteiger partial charge in [0.15, 0.2) is 0 Å². The number of nitrogens with one attached hydrogen (secondary N) is 1. The van der Waals surface area contributed by atoms with Crippen LogP contribution in [-0.4, -0.2) is 51.0 Å². The highest BCUT2D eigenvalue weighted by molar-refractivity contribution is 7.98. The minimum absolute atomic E-state index is 0.0349. The number of methoxy groups -OCH3 is 1. The quantitative estimate of drug-likeness (QED) is 0.570. The van der Waals surface area contributed by atoms with Gasteiger partial charge < -0.3 is 4.74 Å². The summed E-state index contributed by atoms with van der Waals surface area (Å²) in [6.45, 7) is 3.70. The summed E-state index contributed by atoms with van der Waals surface area (Å²) in [4.78, 5) is 15.7. The van der Waals surface area contributed by atoms with Crippen LogP contribution in [0.3, 0.4) is 0 Å². The predicted molar refractivity (Wildman–Crippen MR) is 123 cm³/mol. The lowest BCUT2D eigenvalue weighted by atomic mass is 10.0. The number of ether oxygens (including phenoxy) is 1. The normalized spacial score (nSPS) is 15.6. The lowest BCUT2D eigenvalue weighted by Crippen LogP contribution is -2.38. The van der Waals surface area contributed by atoms with Crippen LogP contribution in [0.5, 0.6) is 0 Å². The number of esters is 1. The fourth-order valence-electron chi connectivity index (χ4n) is 3.46. The van der Waals surface area contributed by atoms with Gasteiger partial charge in [-0.05, 0) is 42.9 Å². The number of nitrogens with zero attached hydrogens (tertiary/aromatic N) is 1. The molecule has 1 atom stereocenters. The van der Waals surface area contributed by atoms with Crippen LogP contribution in [0.25, 0.3) is 0 Å². The van der Waals surface area contributed by atoms with E-state index >= 15 is 0 Å². The SMILES string of the molecule is COC(=O)c1c(S(=O)(=O)NCc2ccc(Cl)cc2)sc2c1CCN(C(C)CSC)C2. The molecular weight excluding hydrogens is 464 g/mol. The number of hydrogen-bond acceptors (Lipinski definition) is 7. The van der Waals surface area contributed by atoms with Crippen molar-refractivity contribution in [1.29, 1.82) is 0 Å². The molecule has 2 aromatic rings. The van der Waals surface area contributed by atoms with Crippen LogP contribution in [0.1, 0.15) is 33.3 Å². The number of hydrogen-bond donors (Lipinski definition) is 1. The zero-order chi connectivity index (χ0) is 21.9. The molecule has 6 nitrogen and oxygen atoms in total. The number of thioether (sulfide) groups is 1. The molecular formula is C20H25ClN2O4S3. The van der Waals surface area contributed by atoms with Gasteiger partial charge in [-0.2, -0.15) is 11.8 Å². The first-order chi connectivity index (χ1) is 14.3. The Kier molecular flexibility index (Phi) is 7.86. The van der Waals surface area contributed by atoms with E-state index in [2.05, 4.69) is 22.8 Å². The molecule has 0 radical (unpaired) electrons. The number of rotatable bonds is 8. The Labute approximate surface area is 191 Å². The maximum Gasteiger partial charge on any atom is 0.340 e. The van der Waals surface area contributed by atoms with Crippen LogP contribution in [0.15, 0.2) is 28.5 Å². The first kappa shape index (κ1) is 23.6. The zero-order valence-corrected chi connectivity index (χ0v) is 20.3. The molecule has 1 aliphatic rings. The Morgan fingerprint density at radius 1 is 1.37 bits per heavy atom. The monoisotopic (exact) mass is 488 g/mol. The smallest absolute Gasteiger partial charge is 0.340 e. The summed E-state index contributed by atoms with van der Waals surface area (Å²) in [6, 6.07) is 7.31. The Balaban J connectivity index is 1.90. The molecule has 2 heterocycles. The van der Waals surface area contributed by atoms with Crippen LogP contribution in [0.4, 0.5) is 0 Å². The van der Waals surface area contributed by atoms with Crippen LogP contribution in [0.2, 0.25) is 5.02 Å². The molecule has 0 bridgehead atoms. The van der Waals surface area contributed by atoms with Gasteiger partial charge in [-0.3, -0.25) is 4.90 Å². The summed E-state index contributed by atoms with van der Waals surface area (Å²) >= 11 is 8.84. The van der Waals surface area contributed by atoms with E-state index in [1.54, 1.807) is 36.0 Å². The molecule has 1 aromatic carbocycles. The van der Waals surface area contributed by atoms with E-state index in [9.17, 15) is 13.2 Å². The maximum absolute atomic E-state index is 13.1. The number of thiophene rings is 1. The Bertz CT molecular complexity index is 1010. The van der Waals surface area contributed by atoms with Crippen LogP contribution in [0, 0.1) is 0 Å². The number of halogens is 1. The van der Waals surface area contributed by atoms with Crippen molar-refractivity contribution in [1.82, 2.24) is 9.62 Å². The van der Waals surface area contributed by atoms with Gasteiger partial charge in [0, 0.05) is 41.3 Å². The molecule has 10 heteroatoms. The van der Waals surface area contributed by atoms with E-state index < -0.39 is 16.0 Å². The van der Waals surface area contributed by atoms with E-state index in [4.69, 9.17) is 16.3 Å². The standard InChI is InChI=1S/C20H25ClN2O4S3/c1-13(12-28-3)23-9-8-16-17(11-23)29-20(18(16)19(24)27-2)30(25,26)22-10-14-4-6-15(21)7-5-14/h4-7,13,22H,8-12H2,1-3H3. The molecule has 0 saturated heterocycles. The van der Waals surface area contributed by atoms with E-state index in [1.807, 2.05) is 0 Å². The van der Waals surface area contributed by atoms with Crippen molar-refractivity contribution in [3.05, 3.63) is 50.9 Å². The Hall–Kier alpha value is -1.10. The summed E-state index contributed by atoms with van der Waals surface area (Å²) in [6.07, 6.45) is 2.70. The third-order valence-corrected chi connectivity index (χ3v) is 9.30. The molecule has 3 rings (SSSR count). The van der Waals surface area contributed by atoms with Crippen molar-refractivity contribution in [3.8, 4) is 0 Å². The van der Waals surface area contributed by atoms with Crippen LogP contribution >= 0.6 is 34.7 Å². The van der Waals surface area contributed by atoms with Crippen LogP contribution < -0.4 is 4.72 Å². The number of fused-ring (bicyclic) bond motifs is 1. The average Bonchev–Trinajstić information content (AvgIpc) is 3.12. The summed E-state index contributed by atoms with van der Waals surface area (Å²) in [5.74, 6) is 0.392. The average molecular weight is 489 g/mol. The highest BCUT2D eigenvalue weighted by Crippen LogP contribution is 2.37. The third-order valence-electron chi connectivity index (χ3n) is 5.10. The molecule has 1 aliphatic heterocycles. The fraction of sp³-hybridized carbons (Fsp3) is 0.450. The third kappa shape index (κ3) is 5.20. The van der Waals surface area contributed by atoms with Gasteiger partial charge in [0.05, 0.1) is 12.7 Å². The summed E-state index contributed by atoms with van der Waals surface area (Å²) in [5.41, 5.74) is 1.76. The first-order valence-electron chi connectivity index (χ1n) is 9.46. The van der Waals surface area contributed by atoms with Gasteiger partial charge in [-0.1, -0.05) is 23.7 Å². The molecule has 1 aromatic heterocycles. The molecule has 164 valence electrons. The molecule has 0 fully saturated rings. The van der Waals surface area contributed by atoms with E-state index in [1.165, 1.54) is 18.4 Å². The topological polar surface area (TPSA) is 75.7 Å². The largest absolute Gasteiger partial charge is 0.465 e. The summed E-state index contributed by atoms with van der Waals surface area (Å²) in [7, 11) is -2.61. The molecule has 0 spiro atoms. The fourth-order valence-corrected chi connectivity index (χ4v) is 7.25. The van der Waals surface area contributed by atoms with Crippen LogP contribution in [-0.2, 0) is 34.3 Å². The highest BCUT2D eigenvalue weighted by Gasteiger charge is 2.34. The van der Waals surface area contributed by atoms with Gasteiger partial charge in [-0.25, -0.2) is 17.9 Å². The number of sulfonamides is 1. The highest BCUT2D eigenvalue weighted by atomic mass is 35.5. The van der Waals surface area contributed by atoms with Crippen molar-refractivity contribution in [2.75, 3.05) is 25.7 Å². The van der Waals surface area contributed by atoms with Crippen molar-refractivity contribution in [2.24, 2.45) is 0 Å². The van der Waals surface area contributed by atoms with Gasteiger partial charge in [0.1, 0.15) is 4.21 Å². The van der Waals surface area contributed by atoms with E-state index in [-0.39, 0.29) is 16.3 Å². The van der Waals surface area contributed by atoms with Gasteiger partial charge in [0.2, 0.25) is 0 Å². The number of carbonyl (C=O) groups is 1. The number of benzene rings is 1. The predicted octanol–water partition coefficient (Wildman–Crippen LogP) is 3.78. The molecule has 0 aliphatic carbocycles. The lowest BCUT2D eigenvalue weighted by molar-refractivity contribution is 0.0595. The van der Waals surface area contributed by atoms with E-state index in [0.29, 0.717) is 24.0 Å². The number of carbonyl (C=O) groups excluding carboxylic acids is 1. The second kappa shape index (κ2) is 10.0. The van der Waals surface area contributed by atoms with Crippen molar-refractivity contribution in [2.45, 2.75) is 36.7 Å². The molecule has 0 amide bonds. The Morgan fingerprint density at radius 3 is 2.70 bits per heavy atom. The minimum atomic E-state index is -3.88. The molecule has 0 saturated carbocycles. The Morgan fingerprint density at radius 2 is 2.07 bits per heavy atom. The second-order valence-electron chi connectivity index (χ2n) is 7.13. The van der Waals surface area contributed by atoms with Crippen molar-refractivity contribution < 1.29 is 17.9 Å².